The van der Waals surface area contributed by atoms with Gasteiger partial charge in [0.2, 0.25) is 0 Å². The van der Waals surface area contributed by atoms with Crippen molar-refractivity contribution in [2.75, 3.05) is 20.2 Å². The van der Waals surface area contributed by atoms with Gasteiger partial charge in [-0.3, -0.25) is 0 Å². The summed E-state index contributed by atoms with van der Waals surface area (Å²) in [5.41, 5.74) is 1.03. The van der Waals surface area contributed by atoms with Crippen LogP contribution in [0.15, 0.2) is 24.3 Å². The molecule has 0 radical (unpaired) electrons. The Kier molecular flexibility index (Phi) is 4.81. The summed E-state index contributed by atoms with van der Waals surface area (Å²) >= 11 is 0. The first-order valence-corrected chi connectivity index (χ1v) is 8.35. The monoisotopic (exact) mass is 289 g/mol. The Labute approximate surface area is 127 Å². The van der Waals surface area contributed by atoms with E-state index in [0.717, 1.165) is 17.7 Å². The van der Waals surface area contributed by atoms with Crippen LogP contribution in [0.4, 0.5) is 0 Å². The molecule has 0 unspecified atom stereocenters. The number of aliphatic hydroxyl groups excluding tert-OH is 1. The van der Waals surface area contributed by atoms with Crippen molar-refractivity contribution in [1.82, 2.24) is 4.90 Å². The van der Waals surface area contributed by atoms with Gasteiger partial charge in [0.25, 0.3) is 0 Å². The summed E-state index contributed by atoms with van der Waals surface area (Å²) in [6.45, 7) is 2.44. The van der Waals surface area contributed by atoms with Crippen LogP contribution in [0.2, 0.25) is 0 Å². The van der Waals surface area contributed by atoms with Crippen LogP contribution in [0, 0.1) is 5.92 Å². The van der Waals surface area contributed by atoms with Crippen LogP contribution in [0.3, 0.4) is 0 Å². The molecule has 1 heterocycles. The molecule has 3 nitrogen and oxygen atoms in total. The molecular weight excluding hydrogens is 262 g/mol. The molecular formula is C18H27NO2. The van der Waals surface area contributed by atoms with E-state index < -0.39 is 0 Å². The highest BCUT2D eigenvalue weighted by Crippen LogP contribution is 2.38. The van der Waals surface area contributed by atoms with E-state index in [0.29, 0.717) is 12.0 Å². The fourth-order valence-electron chi connectivity index (χ4n) is 4.08. The van der Waals surface area contributed by atoms with Crippen molar-refractivity contribution in [3.05, 3.63) is 29.8 Å². The average molecular weight is 289 g/mol. The molecule has 1 aromatic carbocycles. The summed E-state index contributed by atoms with van der Waals surface area (Å²) in [6, 6.07) is 8.50. The van der Waals surface area contributed by atoms with E-state index in [4.69, 9.17) is 4.74 Å². The molecule has 1 aliphatic carbocycles. The Morgan fingerprint density at radius 1 is 1.05 bits per heavy atom. The van der Waals surface area contributed by atoms with Crippen molar-refractivity contribution in [2.24, 2.45) is 5.92 Å². The van der Waals surface area contributed by atoms with Crippen LogP contribution in [0.1, 0.15) is 50.2 Å². The van der Waals surface area contributed by atoms with E-state index in [9.17, 15) is 5.11 Å². The van der Waals surface area contributed by atoms with Gasteiger partial charge in [-0.25, -0.2) is 0 Å². The van der Waals surface area contributed by atoms with Crippen molar-refractivity contribution < 1.29 is 9.84 Å². The molecule has 0 aromatic heterocycles. The van der Waals surface area contributed by atoms with Gasteiger partial charge in [0, 0.05) is 12.0 Å². The summed E-state index contributed by atoms with van der Waals surface area (Å²) in [5.74, 6) is 1.23. The molecule has 0 spiro atoms. The lowest BCUT2D eigenvalue weighted by atomic mass is 9.78. The molecule has 3 heteroatoms. The van der Waals surface area contributed by atoms with Crippen LogP contribution < -0.4 is 4.74 Å². The number of nitrogens with zero attached hydrogens (tertiary/aromatic N) is 1. The number of benzene rings is 1. The van der Waals surface area contributed by atoms with E-state index in [1.807, 2.05) is 24.3 Å². The topological polar surface area (TPSA) is 32.7 Å². The predicted molar refractivity (Wildman–Crippen MR) is 84.5 cm³/mol. The molecule has 1 aromatic rings. The normalized spacial score (nSPS) is 28.5. The number of hydrogen-bond acceptors (Lipinski definition) is 3. The third kappa shape index (κ3) is 3.24. The quantitative estimate of drug-likeness (QED) is 0.922. The first-order chi connectivity index (χ1) is 10.3. The number of rotatable bonds is 4. The molecule has 3 rings (SSSR count). The van der Waals surface area contributed by atoms with Crippen molar-refractivity contribution in [3.63, 3.8) is 0 Å². The SMILES string of the molecule is COc1ccc([C@H](O)[C@@H]2CCCC[C@H]2N2CCCC2)cc1. The fraction of sp³-hybridized carbons (Fsp3) is 0.667. The molecule has 3 atom stereocenters. The van der Waals surface area contributed by atoms with Gasteiger partial charge in [0.1, 0.15) is 5.75 Å². The lowest BCUT2D eigenvalue weighted by Gasteiger charge is -2.40. The van der Waals surface area contributed by atoms with Crippen molar-refractivity contribution in [3.8, 4) is 5.75 Å². The number of hydrogen-bond donors (Lipinski definition) is 1. The zero-order chi connectivity index (χ0) is 14.7. The summed E-state index contributed by atoms with van der Waals surface area (Å²) in [7, 11) is 1.68. The Morgan fingerprint density at radius 3 is 2.38 bits per heavy atom. The standard InChI is InChI=1S/C18H27NO2/c1-21-15-10-8-14(9-11-15)18(20)16-6-2-3-7-17(16)19-12-4-5-13-19/h8-11,16-18,20H,2-7,12-13H2,1H3/t16-,17-,18+/m1/s1. The Hall–Kier alpha value is -1.06. The minimum absolute atomic E-state index is 0.346. The van der Waals surface area contributed by atoms with Gasteiger partial charge >= 0.3 is 0 Å². The molecule has 21 heavy (non-hydrogen) atoms. The third-order valence-electron chi connectivity index (χ3n) is 5.25. The van der Waals surface area contributed by atoms with Crippen LogP contribution >= 0.6 is 0 Å². The first kappa shape index (κ1) is 14.9. The molecule has 1 saturated carbocycles. The summed E-state index contributed by atoms with van der Waals surface area (Å²) < 4.78 is 5.21. The lowest BCUT2D eigenvalue weighted by Crippen LogP contribution is -2.43. The van der Waals surface area contributed by atoms with Crippen LogP contribution in [0.25, 0.3) is 0 Å². The second kappa shape index (κ2) is 6.80. The van der Waals surface area contributed by atoms with E-state index in [1.54, 1.807) is 7.11 Å². The molecule has 1 aliphatic heterocycles. The Morgan fingerprint density at radius 2 is 1.71 bits per heavy atom. The van der Waals surface area contributed by atoms with Gasteiger partial charge in [-0.05, 0) is 56.5 Å². The first-order valence-electron chi connectivity index (χ1n) is 8.35. The van der Waals surface area contributed by atoms with Gasteiger partial charge < -0.3 is 14.7 Å². The summed E-state index contributed by atoms with van der Waals surface area (Å²) in [6.07, 6.45) is 7.26. The number of likely N-dealkylation sites (tertiary alicyclic amines) is 1. The summed E-state index contributed by atoms with van der Waals surface area (Å²) in [4.78, 5) is 2.62. The average Bonchev–Trinajstić information content (AvgIpc) is 3.08. The molecule has 116 valence electrons. The second-order valence-corrected chi connectivity index (χ2v) is 6.48. The molecule has 0 bridgehead atoms. The van der Waals surface area contributed by atoms with Crippen molar-refractivity contribution in [2.45, 2.75) is 50.7 Å². The maximum Gasteiger partial charge on any atom is 0.118 e. The van der Waals surface area contributed by atoms with Gasteiger partial charge in [-0.15, -0.1) is 0 Å². The lowest BCUT2D eigenvalue weighted by molar-refractivity contribution is 0.0195. The van der Waals surface area contributed by atoms with E-state index in [1.165, 1.54) is 45.2 Å². The highest BCUT2D eigenvalue weighted by atomic mass is 16.5. The Balaban J connectivity index is 1.74. The minimum atomic E-state index is -0.346. The van der Waals surface area contributed by atoms with Gasteiger partial charge in [-0.2, -0.15) is 0 Å². The molecule has 1 saturated heterocycles. The largest absolute Gasteiger partial charge is 0.497 e. The predicted octanol–water partition coefficient (Wildman–Crippen LogP) is 3.38. The number of aliphatic hydroxyl groups is 1. The molecule has 2 fully saturated rings. The smallest absolute Gasteiger partial charge is 0.118 e. The van der Waals surface area contributed by atoms with E-state index in [2.05, 4.69) is 4.90 Å². The van der Waals surface area contributed by atoms with Gasteiger partial charge in [0.15, 0.2) is 0 Å². The molecule has 0 amide bonds. The highest BCUT2D eigenvalue weighted by Gasteiger charge is 2.36. The van der Waals surface area contributed by atoms with Gasteiger partial charge in [0.05, 0.1) is 13.2 Å². The highest BCUT2D eigenvalue weighted by molar-refractivity contribution is 5.29. The van der Waals surface area contributed by atoms with Crippen LogP contribution in [-0.2, 0) is 0 Å². The van der Waals surface area contributed by atoms with Gasteiger partial charge in [-0.1, -0.05) is 25.0 Å². The number of methoxy groups -OCH3 is 1. The fourth-order valence-corrected chi connectivity index (χ4v) is 4.08. The maximum absolute atomic E-state index is 10.9. The minimum Gasteiger partial charge on any atom is -0.497 e. The van der Waals surface area contributed by atoms with E-state index >= 15 is 0 Å². The number of ether oxygens (including phenoxy) is 1. The maximum atomic E-state index is 10.9. The summed E-state index contributed by atoms with van der Waals surface area (Å²) in [5, 5.41) is 10.9. The molecule has 1 N–H and O–H groups in total. The third-order valence-corrected chi connectivity index (χ3v) is 5.25. The van der Waals surface area contributed by atoms with Crippen molar-refractivity contribution >= 4 is 0 Å². The van der Waals surface area contributed by atoms with Crippen LogP contribution in [0.5, 0.6) is 5.75 Å². The second-order valence-electron chi connectivity index (χ2n) is 6.48. The molecule has 2 aliphatic rings. The zero-order valence-corrected chi connectivity index (χ0v) is 13.0. The zero-order valence-electron chi connectivity index (χ0n) is 13.0. The van der Waals surface area contributed by atoms with E-state index in [-0.39, 0.29) is 6.10 Å². The Bertz CT molecular complexity index is 439. The van der Waals surface area contributed by atoms with Crippen LogP contribution in [-0.4, -0.2) is 36.2 Å². The van der Waals surface area contributed by atoms with Crippen molar-refractivity contribution in [1.29, 1.82) is 0 Å².